The van der Waals surface area contributed by atoms with Gasteiger partial charge in [0.15, 0.2) is 0 Å². The molecule has 1 aliphatic carbocycles. The average molecular weight is 302 g/mol. The van der Waals surface area contributed by atoms with Crippen molar-refractivity contribution in [3.8, 4) is 0 Å². The van der Waals surface area contributed by atoms with E-state index in [0.29, 0.717) is 25.9 Å². The molecule has 8 heteroatoms. The van der Waals surface area contributed by atoms with Crippen LogP contribution >= 0.6 is 0 Å². The van der Waals surface area contributed by atoms with Crippen LogP contribution in [0, 0.1) is 5.92 Å². The van der Waals surface area contributed by atoms with Crippen molar-refractivity contribution in [2.45, 2.75) is 51.7 Å². The zero-order valence-corrected chi connectivity index (χ0v) is 12.0. The minimum atomic E-state index is -4.24. The first kappa shape index (κ1) is 16.7. The summed E-state index contributed by atoms with van der Waals surface area (Å²) in [6, 6.07) is -0.619. The predicted octanol–water partition coefficient (Wildman–Crippen LogP) is 2.28. The molecule has 0 radical (unpaired) electrons. The minimum Gasteiger partial charge on any atom is -0.199 e. The first-order valence-electron chi connectivity index (χ1n) is 6.54. The Morgan fingerprint density at radius 1 is 1.21 bits per heavy atom. The summed E-state index contributed by atoms with van der Waals surface area (Å²) >= 11 is 0. The van der Waals surface area contributed by atoms with Crippen LogP contribution in [0.2, 0.25) is 0 Å². The summed E-state index contributed by atoms with van der Waals surface area (Å²) in [6.45, 7) is 4.01. The van der Waals surface area contributed by atoms with Crippen molar-refractivity contribution in [3.05, 3.63) is 0 Å². The average Bonchev–Trinajstić information content (AvgIpc) is 2.28. The molecular formula is C11H21F3N2O2S. The molecule has 19 heavy (non-hydrogen) atoms. The normalized spacial score (nSPS) is 25.8. The molecule has 0 aromatic carbocycles. The number of alkyl halides is 3. The van der Waals surface area contributed by atoms with Crippen molar-refractivity contribution in [2.24, 2.45) is 5.92 Å². The highest BCUT2D eigenvalue weighted by Crippen LogP contribution is 2.37. The second kappa shape index (κ2) is 6.41. The van der Waals surface area contributed by atoms with Gasteiger partial charge in [-0.15, -0.1) is 0 Å². The summed E-state index contributed by atoms with van der Waals surface area (Å²) in [4.78, 5) is 0. The molecule has 0 heterocycles. The Kier molecular flexibility index (Phi) is 5.64. The van der Waals surface area contributed by atoms with Gasteiger partial charge in [0.1, 0.15) is 0 Å². The van der Waals surface area contributed by atoms with E-state index in [1.54, 1.807) is 13.8 Å². The van der Waals surface area contributed by atoms with Gasteiger partial charge in [-0.3, -0.25) is 0 Å². The molecule has 0 aliphatic heterocycles. The standard InChI is InChI=1S/C11H21F3N2O2S/c1-3-16(4-2)19(17,18)15-10-7-5-6-9(8-10)11(12,13)14/h9-10,15H,3-8H2,1-2H3/t9-,10+/m0/s1. The van der Waals surface area contributed by atoms with Gasteiger partial charge in [-0.2, -0.15) is 30.6 Å². The minimum absolute atomic E-state index is 0.0903. The Morgan fingerprint density at radius 2 is 1.79 bits per heavy atom. The third-order valence-corrected chi connectivity index (χ3v) is 5.33. The van der Waals surface area contributed by atoms with Crippen molar-refractivity contribution in [3.63, 3.8) is 0 Å². The van der Waals surface area contributed by atoms with Crippen LogP contribution in [0.4, 0.5) is 13.2 Å². The zero-order valence-electron chi connectivity index (χ0n) is 11.2. The van der Waals surface area contributed by atoms with Crippen LogP contribution in [-0.2, 0) is 10.2 Å². The highest BCUT2D eigenvalue weighted by Gasteiger charge is 2.43. The summed E-state index contributed by atoms with van der Waals surface area (Å²) in [5.41, 5.74) is 0. The lowest BCUT2D eigenvalue weighted by Gasteiger charge is -2.32. The largest absolute Gasteiger partial charge is 0.391 e. The van der Waals surface area contributed by atoms with Gasteiger partial charge in [-0.1, -0.05) is 20.3 Å². The van der Waals surface area contributed by atoms with Crippen LogP contribution in [0.15, 0.2) is 0 Å². The van der Waals surface area contributed by atoms with Gasteiger partial charge in [0.2, 0.25) is 0 Å². The molecule has 1 fully saturated rings. The lowest BCUT2D eigenvalue weighted by Crippen LogP contribution is -2.47. The van der Waals surface area contributed by atoms with Gasteiger partial charge >= 0.3 is 6.18 Å². The van der Waals surface area contributed by atoms with E-state index in [4.69, 9.17) is 0 Å². The molecule has 114 valence electrons. The van der Waals surface area contributed by atoms with Gasteiger partial charge in [-0.05, 0) is 19.3 Å². The smallest absolute Gasteiger partial charge is 0.199 e. The number of hydrogen-bond donors (Lipinski definition) is 1. The molecule has 1 rings (SSSR count). The van der Waals surface area contributed by atoms with Crippen LogP contribution in [0.3, 0.4) is 0 Å². The molecule has 0 amide bonds. The van der Waals surface area contributed by atoms with E-state index in [9.17, 15) is 21.6 Å². The Morgan fingerprint density at radius 3 is 2.26 bits per heavy atom. The number of hydrogen-bond acceptors (Lipinski definition) is 2. The number of nitrogens with one attached hydrogen (secondary N) is 1. The summed E-state index contributed by atoms with van der Waals surface area (Å²) in [5.74, 6) is -1.40. The van der Waals surface area contributed by atoms with Crippen LogP contribution in [0.1, 0.15) is 39.5 Å². The number of rotatable bonds is 5. The van der Waals surface area contributed by atoms with E-state index >= 15 is 0 Å². The topological polar surface area (TPSA) is 49.4 Å². The SMILES string of the molecule is CCN(CC)S(=O)(=O)N[C@@H]1CCC[C@H](C(F)(F)F)C1. The van der Waals surface area contributed by atoms with Gasteiger partial charge in [0, 0.05) is 19.1 Å². The molecule has 0 spiro atoms. The maximum Gasteiger partial charge on any atom is 0.391 e. The first-order valence-corrected chi connectivity index (χ1v) is 7.98. The fourth-order valence-electron chi connectivity index (χ4n) is 2.44. The second-order valence-corrected chi connectivity index (χ2v) is 6.51. The summed E-state index contributed by atoms with van der Waals surface area (Å²) in [7, 11) is -3.68. The van der Waals surface area contributed by atoms with E-state index in [1.165, 1.54) is 4.31 Å². The quantitative estimate of drug-likeness (QED) is 0.847. The van der Waals surface area contributed by atoms with Crippen LogP contribution in [-0.4, -0.2) is 38.0 Å². The Hall–Kier alpha value is -0.340. The Bertz CT molecular complexity index is 380. The second-order valence-electron chi connectivity index (χ2n) is 4.81. The van der Waals surface area contributed by atoms with Gasteiger partial charge in [0.05, 0.1) is 5.92 Å². The number of nitrogens with zero attached hydrogens (tertiary/aromatic N) is 1. The van der Waals surface area contributed by atoms with Crippen LogP contribution in [0.5, 0.6) is 0 Å². The van der Waals surface area contributed by atoms with E-state index in [-0.39, 0.29) is 12.8 Å². The molecule has 0 aromatic heterocycles. The molecule has 4 nitrogen and oxygen atoms in total. The van der Waals surface area contributed by atoms with Crippen molar-refractivity contribution in [1.82, 2.24) is 9.03 Å². The summed E-state index contributed by atoms with van der Waals surface area (Å²) in [6.07, 6.45) is -3.45. The van der Waals surface area contributed by atoms with E-state index in [2.05, 4.69) is 4.72 Å². The molecule has 1 saturated carbocycles. The summed E-state index contributed by atoms with van der Waals surface area (Å²) < 4.78 is 65.5. The fraction of sp³-hybridized carbons (Fsp3) is 1.00. The monoisotopic (exact) mass is 302 g/mol. The molecule has 1 aliphatic rings. The highest BCUT2D eigenvalue weighted by molar-refractivity contribution is 7.87. The van der Waals surface area contributed by atoms with Crippen molar-refractivity contribution in [1.29, 1.82) is 0 Å². The Labute approximate surface area is 112 Å². The van der Waals surface area contributed by atoms with Gasteiger partial charge in [0.25, 0.3) is 10.2 Å². The maximum absolute atomic E-state index is 12.7. The molecule has 1 N–H and O–H groups in total. The van der Waals surface area contributed by atoms with Crippen molar-refractivity contribution < 1.29 is 21.6 Å². The Balaban J connectivity index is 2.67. The van der Waals surface area contributed by atoms with Crippen LogP contribution < -0.4 is 4.72 Å². The highest BCUT2D eigenvalue weighted by atomic mass is 32.2. The lowest BCUT2D eigenvalue weighted by molar-refractivity contribution is -0.183. The van der Waals surface area contributed by atoms with E-state index < -0.39 is 28.3 Å². The molecule has 0 unspecified atom stereocenters. The molecule has 0 saturated heterocycles. The van der Waals surface area contributed by atoms with Crippen molar-refractivity contribution in [2.75, 3.05) is 13.1 Å². The van der Waals surface area contributed by atoms with E-state index in [1.807, 2.05) is 0 Å². The van der Waals surface area contributed by atoms with E-state index in [0.717, 1.165) is 0 Å². The molecule has 0 aromatic rings. The number of halogens is 3. The zero-order chi connectivity index (χ0) is 14.7. The fourth-order valence-corrected chi connectivity index (χ4v) is 3.91. The third kappa shape index (κ3) is 4.61. The molecule has 0 bridgehead atoms. The molecule has 2 atom stereocenters. The van der Waals surface area contributed by atoms with Crippen molar-refractivity contribution >= 4 is 10.2 Å². The van der Waals surface area contributed by atoms with Gasteiger partial charge in [-0.25, -0.2) is 0 Å². The third-order valence-electron chi connectivity index (χ3n) is 3.50. The first-order chi connectivity index (χ1) is 8.70. The predicted molar refractivity (Wildman–Crippen MR) is 66.8 cm³/mol. The van der Waals surface area contributed by atoms with Gasteiger partial charge < -0.3 is 0 Å². The molecular weight excluding hydrogens is 281 g/mol. The van der Waals surface area contributed by atoms with Crippen LogP contribution in [0.25, 0.3) is 0 Å². The lowest BCUT2D eigenvalue weighted by atomic mass is 9.86. The summed E-state index contributed by atoms with van der Waals surface area (Å²) in [5, 5.41) is 0. The maximum atomic E-state index is 12.7.